The largest absolute Gasteiger partial charge is 0.451 e. The first-order valence-corrected chi connectivity index (χ1v) is 17.4. The standard InChI is InChI=1S/C39H37FN6O4/c1-43-16-6-9-25(43)12-15-41-38(48)28-22-45-32-19-23-7-2-3-8-24(23)20-33(32)50-37-34(45)27(36(28)47)21-29(40)35(37)44-17-13-26(14-18-44)46-31-11-5-4-10-30(31)42-39(46)49/h2-5,7-8,10-11,19-22,25-26H,6,9,12-18H2,1H3,(H,41,48)(H,42,49). The maximum Gasteiger partial charge on any atom is 0.326 e. The first kappa shape index (κ1) is 30.6. The van der Waals surface area contributed by atoms with Gasteiger partial charge in [-0.2, -0.15) is 0 Å². The van der Waals surface area contributed by atoms with Gasteiger partial charge in [0.25, 0.3) is 5.91 Å². The van der Waals surface area contributed by atoms with E-state index in [4.69, 9.17) is 4.74 Å². The van der Waals surface area contributed by atoms with E-state index in [2.05, 4.69) is 22.2 Å². The molecule has 11 heteroatoms. The topological polar surface area (TPSA) is 105 Å². The fourth-order valence-electron chi connectivity index (χ4n) is 8.32. The zero-order chi connectivity index (χ0) is 34.1. The Balaban J connectivity index is 1.11. The lowest BCUT2D eigenvalue weighted by Crippen LogP contribution is -2.38. The number of amides is 1. The van der Waals surface area contributed by atoms with E-state index in [1.54, 1.807) is 6.20 Å². The van der Waals surface area contributed by atoms with E-state index in [1.165, 1.54) is 6.07 Å². The lowest BCUT2D eigenvalue weighted by molar-refractivity contribution is 0.0949. The fourth-order valence-corrected chi connectivity index (χ4v) is 8.32. The summed E-state index contributed by atoms with van der Waals surface area (Å²) in [7, 11) is 2.09. The number of hydrogen-bond donors (Lipinski definition) is 2. The normalized spacial score (nSPS) is 17.8. The predicted octanol–water partition coefficient (Wildman–Crippen LogP) is 6.09. The molecule has 2 N–H and O–H groups in total. The van der Waals surface area contributed by atoms with Crippen LogP contribution < -0.4 is 26.1 Å². The fraction of sp³-hybridized carbons (Fsp3) is 0.308. The molecule has 0 bridgehead atoms. The summed E-state index contributed by atoms with van der Waals surface area (Å²) in [5.41, 5.74) is 2.27. The molecule has 3 aliphatic rings. The molecule has 3 aliphatic heterocycles. The van der Waals surface area contributed by atoms with Crippen molar-refractivity contribution in [3.63, 3.8) is 0 Å². The molecule has 50 heavy (non-hydrogen) atoms. The molecule has 6 aromatic rings. The van der Waals surface area contributed by atoms with Crippen molar-refractivity contribution in [2.24, 2.45) is 0 Å². The first-order valence-electron chi connectivity index (χ1n) is 17.4. The second kappa shape index (κ2) is 11.9. The van der Waals surface area contributed by atoms with Crippen molar-refractivity contribution >= 4 is 44.3 Å². The summed E-state index contributed by atoms with van der Waals surface area (Å²) < 4.78 is 26.7. The second-order valence-electron chi connectivity index (χ2n) is 13.8. The summed E-state index contributed by atoms with van der Waals surface area (Å²) in [5.74, 6) is -0.316. The molecule has 2 aromatic heterocycles. The molecule has 1 amide bonds. The zero-order valence-electron chi connectivity index (χ0n) is 27.7. The lowest BCUT2D eigenvalue weighted by Gasteiger charge is -2.36. The van der Waals surface area contributed by atoms with Gasteiger partial charge in [-0.25, -0.2) is 9.18 Å². The summed E-state index contributed by atoms with van der Waals surface area (Å²) in [6.45, 7) is 2.43. The van der Waals surface area contributed by atoms with E-state index in [-0.39, 0.29) is 34.1 Å². The molecule has 0 radical (unpaired) electrons. The Hall–Kier alpha value is -5.42. The van der Waals surface area contributed by atoms with E-state index < -0.39 is 17.2 Å². The Morgan fingerprint density at radius 1 is 0.980 bits per heavy atom. The summed E-state index contributed by atoms with van der Waals surface area (Å²) in [6.07, 6.45) is 5.83. The van der Waals surface area contributed by atoms with Crippen molar-refractivity contribution in [2.75, 3.05) is 38.1 Å². The van der Waals surface area contributed by atoms with Crippen LogP contribution in [0.4, 0.5) is 10.1 Å². The average molecular weight is 673 g/mol. The number of imidazole rings is 1. The minimum atomic E-state index is -0.593. The third kappa shape index (κ3) is 4.90. The number of carbonyl (C=O) groups excluding carboxylic acids is 1. The first-order chi connectivity index (χ1) is 24.4. The molecule has 0 saturated carbocycles. The van der Waals surface area contributed by atoms with Gasteiger partial charge in [-0.15, -0.1) is 0 Å². The highest BCUT2D eigenvalue weighted by Crippen LogP contribution is 2.48. The Kier molecular flexibility index (Phi) is 7.27. The van der Waals surface area contributed by atoms with Crippen molar-refractivity contribution in [1.82, 2.24) is 24.3 Å². The third-order valence-electron chi connectivity index (χ3n) is 10.9. The second-order valence-corrected chi connectivity index (χ2v) is 13.8. The number of likely N-dealkylation sites (tertiary alicyclic amines) is 1. The SMILES string of the molecule is CN1CCCC1CCNC(=O)c1cn2c3c(c(N4CCC(n5c(=O)[nH]c6ccccc65)CC4)c(F)cc3c1=O)Oc1cc3ccccc3cc1-2. The monoisotopic (exact) mass is 672 g/mol. The maximum absolute atomic E-state index is 16.5. The van der Waals surface area contributed by atoms with Crippen LogP contribution in [-0.4, -0.2) is 64.2 Å². The van der Waals surface area contributed by atoms with E-state index in [0.717, 1.165) is 47.6 Å². The van der Waals surface area contributed by atoms with E-state index in [0.29, 0.717) is 55.5 Å². The number of carbonyl (C=O) groups is 1. The maximum atomic E-state index is 16.5. The van der Waals surface area contributed by atoms with Crippen LogP contribution in [0.1, 0.15) is 48.5 Å². The number of anilines is 1. The smallest absolute Gasteiger partial charge is 0.326 e. The van der Waals surface area contributed by atoms with Crippen LogP contribution in [0.3, 0.4) is 0 Å². The van der Waals surface area contributed by atoms with Gasteiger partial charge in [0.15, 0.2) is 17.3 Å². The number of H-pyrrole nitrogens is 1. The van der Waals surface area contributed by atoms with Crippen molar-refractivity contribution in [2.45, 2.75) is 44.2 Å². The molecular weight excluding hydrogens is 635 g/mol. The van der Waals surface area contributed by atoms with Crippen LogP contribution in [0.15, 0.2) is 82.5 Å². The molecule has 1 atom stereocenters. The number of rotatable bonds is 6. The van der Waals surface area contributed by atoms with Gasteiger partial charge in [-0.1, -0.05) is 36.4 Å². The summed E-state index contributed by atoms with van der Waals surface area (Å²) >= 11 is 0. The lowest BCUT2D eigenvalue weighted by atomic mass is 10.0. The van der Waals surface area contributed by atoms with Crippen LogP contribution in [-0.2, 0) is 0 Å². The number of hydrogen-bond acceptors (Lipinski definition) is 6. The van der Waals surface area contributed by atoms with Gasteiger partial charge in [0.1, 0.15) is 16.8 Å². The number of para-hydroxylation sites is 2. The van der Waals surface area contributed by atoms with Crippen molar-refractivity contribution in [1.29, 1.82) is 0 Å². The van der Waals surface area contributed by atoms with Gasteiger partial charge in [-0.3, -0.25) is 14.2 Å². The zero-order valence-corrected chi connectivity index (χ0v) is 27.7. The number of halogens is 1. The average Bonchev–Trinajstić information content (AvgIpc) is 3.69. The van der Waals surface area contributed by atoms with E-state index in [1.807, 2.05) is 74.7 Å². The molecule has 9 rings (SSSR count). The van der Waals surface area contributed by atoms with Gasteiger partial charge in [0.05, 0.1) is 22.1 Å². The molecule has 2 saturated heterocycles. The molecule has 254 valence electrons. The quantitative estimate of drug-likeness (QED) is 0.222. The number of fused-ring (bicyclic) bond motifs is 4. The number of aromatic nitrogens is 3. The highest BCUT2D eigenvalue weighted by atomic mass is 19.1. The number of aromatic amines is 1. The molecule has 0 aliphatic carbocycles. The van der Waals surface area contributed by atoms with Crippen LogP contribution >= 0.6 is 0 Å². The molecule has 5 heterocycles. The van der Waals surface area contributed by atoms with Crippen LogP contribution in [0.25, 0.3) is 38.4 Å². The van der Waals surface area contributed by atoms with E-state index in [9.17, 15) is 14.4 Å². The number of piperidine rings is 1. The third-order valence-corrected chi connectivity index (χ3v) is 10.9. The van der Waals surface area contributed by atoms with Gasteiger partial charge < -0.3 is 29.4 Å². The van der Waals surface area contributed by atoms with Gasteiger partial charge in [0, 0.05) is 37.9 Å². The Labute approximate surface area is 286 Å². The number of benzene rings is 4. The summed E-state index contributed by atoms with van der Waals surface area (Å²) in [5, 5.41) is 4.96. The van der Waals surface area contributed by atoms with Gasteiger partial charge in [-0.05, 0) is 86.8 Å². The number of nitrogens with one attached hydrogen (secondary N) is 2. The highest BCUT2D eigenvalue weighted by molar-refractivity contribution is 6.02. The van der Waals surface area contributed by atoms with Gasteiger partial charge >= 0.3 is 5.69 Å². The number of nitrogens with zero attached hydrogens (tertiary/aromatic N) is 4. The molecule has 2 fully saturated rings. The molecule has 1 unspecified atom stereocenters. The minimum Gasteiger partial charge on any atom is -0.451 e. The van der Waals surface area contributed by atoms with Crippen LogP contribution in [0.5, 0.6) is 11.5 Å². The van der Waals surface area contributed by atoms with Crippen LogP contribution in [0, 0.1) is 5.82 Å². The summed E-state index contributed by atoms with van der Waals surface area (Å²) in [6, 6.07) is 21.0. The van der Waals surface area contributed by atoms with Crippen molar-refractivity contribution in [3.8, 4) is 17.2 Å². The van der Waals surface area contributed by atoms with Gasteiger partial charge in [0.2, 0.25) is 5.43 Å². The Bertz CT molecular complexity index is 2460. The molecule has 4 aromatic carbocycles. The van der Waals surface area contributed by atoms with Crippen molar-refractivity contribution < 1.29 is 13.9 Å². The molecule has 10 nitrogen and oxygen atoms in total. The highest BCUT2D eigenvalue weighted by Gasteiger charge is 2.33. The van der Waals surface area contributed by atoms with Crippen molar-refractivity contribution in [3.05, 3.63) is 105 Å². The number of pyridine rings is 1. The summed E-state index contributed by atoms with van der Waals surface area (Å²) in [4.78, 5) is 47.7. The Morgan fingerprint density at radius 3 is 2.52 bits per heavy atom. The van der Waals surface area contributed by atoms with Crippen LogP contribution in [0.2, 0.25) is 0 Å². The molecule has 0 spiro atoms. The minimum absolute atomic E-state index is 0.0404. The Morgan fingerprint density at radius 2 is 1.74 bits per heavy atom. The predicted molar refractivity (Wildman–Crippen MR) is 193 cm³/mol. The number of ether oxygens (including phenoxy) is 1. The van der Waals surface area contributed by atoms with E-state index >= 15 is 4.39 Å². The molecular formula is C39H37FN6O4.